The molecule has 0 saturated heterocycles. The smallest absolute Gasteiger partial charge is 0.309 e. The Labute approximate surface area is 132 Å². The van der Waals surface area contributed by atoms with Crippen LogP contribution in [0.4, 0.5) is 0 Å². The second-order valence-corrected chi connectivity index (χ2v) is 5.87. The monoisotopic (exact) mass is 326 g/mol. The van der Waals surface area contributed by atoms with Gasteiger partial charge in [-0.3, -0.25) is 4.79 Å². The van der Waals surface area contributed by atoms with Gasteiger partial charge in [-0.2, -0.15) is 16.7 Å². The van der Waals surface area contributed by atoms with E-state index in [-0.39, 0.29) is 11.9 Å². The summed E-state index contributed by atoms with van der Waals surface area (Å²) in [6.07, 6.45) is 0. The van der Waals surface area contributed by atoms with Crippen LogP contribution in [0.2, 0.25) is 5.02 Å². The van der Waals surface area contributed by atoms with Crippen LogP contribution in [0.15, 0.2) is 28.8 Å². The van der Waals surface area contributed by atoms with Crippen molar-refractivity contribution < 1.29 is 14.1 Å². The molecule has 112 valence electrons. The number of methoxy groups -OCH3 is 1. The molecular formula is C14H15ClN2O3S. The van der Waals surface area contributed by atoms with Crippen molar-refractivity contribution in [1.29, 1.82) is 0 Å². The number of rotatable bonds is 6. The van der Waals surface area contributed by atoms with E-state index in [1.165, 1.54) is 7.11 Å². The average molecular weight is 327 g/mol. The van der Waals surface area contributed by atoms with Gasteiger partial charge in [-0.1, -0.05) is 35.8 Å². The Morgan fingerprint density at radius 3 is 2.95 bits per heavy atom. The van der Waals surface area contributed by atoms with Crippen LogP contribution in [0.3, 0.4) is 0 Å². The number of ether oxygens (including phenoxy) is 1. The minimum absolute atomic E-state index is 0.161. The number of esters is 1. The highest BCUT2D eigenvalue weighted by atomic mass is 35.5. The van der Waals surface area contributed by atoms with Gasteiger partial charge in [0.25, 0.3) is 0 Å². The Bertz CT molecular complexity index is 618. The molecule has 1 unspecified atom stereocenters. The molecule has 5 nitrogen and oxygen atoms in total. The first-order chi connectivity index (χ1) is 10.1. The highest BCUT2D eigenvalue weighted by molar-refractivity contribution is 7.98. The predicted molar refractivity (Wildman–Crippen MR) is 82.1 cm³/mol. The molecule has 1 atom stereocenters. The average Bonchev–Trinajstić information content (AvgIpc) is 2.95. The van der Waals surface area contributed by atoms with Crippen molar-refractivity contribution in [1.82, 2.24) is 10.1 Å². The molecule has 2 rings (SSSR count). The number of nitrogens with zero attached hydrogens (tertiary/aromatic N) is 2. The van der Waals surface area contributed by atoms with Crippen molar-refractivity contribution in [2.45, 2.75) is 12.7 Å². The van der Waals surface area contributed by atoms with Crippen molar-refractivity contribution in [3.63, 3.8) is 0 Å². The lowest BCUT2D eigenvalue weighted by Crippen LogP contribution is -2.14. The molecule has 21 heavy (non-hydrogen) atoms. The van der Waals surface area contributed by atoms with E-state index in [1.54, 1.807) is 17.8 Å². The van der Waals surface area contributed by atoms with Crippen LogP contribution in [-0.2, 0) is 15.3 Å². The molecule has 0 saturated carbocycles. The molecule has 0 bridgehead atoms. The molecule has 0 spiro atoms. The minimum atomic E-state index is -0.218. The lowest BCUT2D eigenvalue weighted by atomic mass is 10.2. The topological polar surface area (TPSA) is 65.2 Å². The quantitative estimate of drug-likeness (QED) is 0.758. The molecule has 0 fully saturated rings. The summed E-state index contributed by atoms with van der Waals surface area (Å²) in [5.41, 5.74) is 0.738. The number of hydrogen-bond donors (Lipinski definition) is 0. The van der Waals surface area contributed by atoms with Crippen LogP contribution >= 0.6 is 23.4 Å². The van der Waals surface area contributed by atoms with Crippen LogP contribution in [0, 0.1) is 5.92 Å². The maximum Gasteiger partial charge on any atom is 0.309 e. The lowest BCUT2D eigenvalue weighted by Gasteiger charge is -2.06. The fourth-order valence-corrected chi connectivity index (χ4v) is 2.78. The van der Waals surface area contributed by atoms with Crippen molar-refractivity contribution in [2.75, 3.05) is 12.9 Å². The molecule has 2 aromatic rings. The maximum absolute atomic E-state index is 11.3. The molecule has 0 radical (unpaired) electrons. The number of thioether (sulfide) groups is 1. The Hall–Kier alpha value is -1.53. The summed E-state index contributed by atoms with van der Waals surface area (Å²) >= 11 is 7.63. The summed E-state index contributed by atoms with van der Waals surface area (Å²) in [4.78, 5) is 15.6. The number of halogens is 1. The zero-order chi connectivity index (χ0) is 15.2. The molecule has 1 aromatic carbocycles. The van der Waals surface area contributed by atoms with E-state index in [2.05, 4.69) is 14.9 Å². The lowest BCUT2D eigenvalue weighted by molar-refractivity contribution is -0.143. The zero-order valence-corrected chi connectivity index (χ0v) is 13.3. The largest absolute Gasteiger partial charge is 0.469 e. The van der Waals surface area contributed by atoms with Crippen molar-refractivity contribution in [2.24, 2.45) is 5.92 Å². The second kappa shape index (κ2) is 7.47. The number of carbonyl (C=O) groups excluding carboxylic acids is 1. The Morgan fingerprint density at radius 1 is 1.48 bits per heavy atom. The van der Waals surface area contributed by atoms with Crippen LogP contribution in [0.1, 0.15) is 12.8 Å². The van der Waals surface area contributed by atoms with Crippen molar-refractivity contribution in [3.8, 4) is 11.4 Å². The first-order valence-electron chi connectivity index (χ1n) is 6.35. The molecule has 0 N–H and O–H groups in total. The minimum Gasteiger partial charge on any atom is -0.469 e. The zero-order valence-electron chi connectivity index (χ0n) is 11.7. The molecule has 1 heterocycles. The van der Waals surface area contributed by atoms with Gasteiger partial charge in [-0.05, 0) is 12.1 Å². The number of carbonyl (C=O) groups is 1. The summed E-state index contributed by atoms with van der Waals surface area (Å²) in [6, 6.07) is 7.32. The summed E-state index contributed by atoms with van der Waals surface area (Å²) in [5.74, 6) is 1.77. The van der Waals surface area contributed by atoms with Gasteiger partial charge in [0.2, 0.25) is 11.7 Å². The van der Waals surface area contributed by atoms with E-state index in [4.69, 9.17) is 16.1 Å². The molecule has 0 aliphatic carbocycles. The third-order valence-electron chi connectivity index (χ3n) is 2.78. The van der Waals surface area contributed by atoms with E-state index in [9.17, 15) is 4.79 Å². The Balaban J connectivity index is 1.92. The molecule has 1 aromatic heterocycles. The Morgan fingerprint density at radius 2 is 2.24 bits per heavy atom. The van der Waals surface area contributed by atoms with E-state index in [1.807, 2.05) is 25.1 Å². The molecule has 0 amide bonds. The maximum atomic E-state index is 11.3. The highest BCUT2D eigenvalue weighted by Crippen LogP contribution is 2.25. The second-order valence-electron chi connectivity index (χ2n) is 4.43. The van der Waals surface area contributed by atoms with Crippen LogP contribution in [0.25, 0.3) is 11.4 Å². The van der Waals surface area contributed by atoms with Crippen molar-refractivity contribution >= 4 is 29.3 Å². The molecular weight excluding hydrogens is 312 g/mol. The summed E-state index contributed by atoms with van der Waals surface area (Å²) in [7, 11) is 1.39. The molecule has 0 aliphatic heterocycles. The number of hydrogen-bond acceptors (Lipinski definition) is 6. The summed E-state index contributed by atoms with van der Waals surface area (Å²) in [5, 5.41) is 4.50. The van der Waals surface area contributed by atoms with E-state index < -0.39 is 0 Å². The first kappa shape index (κ1) is 15.9. The third kappa shape index (κ3) is 4.22. The summed E-state index contributed by atoms with van der Waals surface area (Å²) in [6.45, 7) is 1.82. The first-order valence-corrected chi connectivity index (χ1v) is 7.88. The van der Waals surface area contributed by atoms with Gasteiger partial charge in [0, 0.05) is 11.3 Å². The van der Waals surface area contributed by atoms with Crippen molar-refractivity contribution in [3.05, 3.63) is 35.2 Å². The van der Waals surface area contributed by atoms with Gasteiger partial charge in [0.05, 0.1) is 23.8 Å². The molecule has 7 heteroatoms. The van der Waals surface area contributed by atoms with Gasteiger partial charge in [-0.25, -0.2) is 0 Å². The van der Waals surface area contributed by atoms with Gasteiger partial charge in [-0.15, -0.1) is 0 Å². The normalized spacial score (nSPS) is 12.1. The number of benzene rings is 1. The third-order valence-corrected chi connectivity index (χ3v) is 4.30. The SMILES string of the molecule is COC(=O)C(C)CSCc1nc(-c2ccccc2Cl)no1. The van der Waals surface area contributed by atoms with E-state index >= 15 is 0 Å². The van der Waals surface area contributed by atoms with Gasteiger partial charge >= 0.3 is 5.97 Å². The highest BCUT2D eigenvalue weighted by Gasteiger charge is 2.15. The van der Waals surface area contributed by atoms with Crippen LogP contribution in [-0.4, -0.2) is 29.0 Å². The van der Waals surface area contributed by atoms with Crippen LogP contribution < -0.4 is 0 Å². The summed E-state index contributed by atoms with van der Waals surface area (Å²) < 4.78 is 9.86. The fraction of sp³-hybridized carbons (Fsp3) is 0.357. The van der Waals surface area contributed by atoms with Gasteiger partial charge in [0.15, 0.2) is 0 Å². The van der Waals surface area contributed by atoms with Crippen LogP contribution in [0.5, 0.6) is 0 Å². The Kier molecular flexibility index (Phi) is 5.64. The van der Waals surface area contributed by atoms with E-state index in [0.29, 0.717) is 28.2 Å². The molecule has 0 aliphatic rings. The van der Waals surface area contributed by atoms with Gasteiger partial charge < -0.3 is 9.26 Å². The fourth-order valence-electron chi connectivity index (χ4n) is 1.66. The number of aromatic nitrogens is 2. The van der Waals surface area contributed by atoms with Gasteiger partial charge in [0.1, 0.15) is 0 Å². The van der Waals surface area contributed by atoms with E-state index in [0.717, 1.165) is 5.56 Å². The standard InChI is InChI=1S/C14H15ClN2O3S/c1-9(14(18)19-2)7-21-8-12-16-13(17-20-12)10-5-3-4-6-11(10)15/h3-6,9H,7-8H2,1-2H3. The predicted octanol–water partition coefficient (Wildman–Crippen LogP) is 3.43.